The smallest absolute Gasteiger partial charge is 0.311 e. The second-order valence-electron chi connectivity index (χ2n) is 17.2. The summed E-state index contributed by atoms with van der Waals surface area (Å²) in [4.78, 5) is 29.2. The van der Waals surface area contributed by atoms with E-state index in [4.69, 9.17) is 37.9 Å². The number of carbonyl (C=O) groups is 2. The highest BCUT2D eigenvalue weighted by Gasteiger charge is 2.57. The van der Waals surface area contributed by atoms with Crippen LogP contribution in [-0.4, -0.2) is 138 Å². The van der Waals surface area contributed by atoms with E-state index in [1.54, 1.807) is 34.6 Å². The Morgan fingerprint density at radius 2 is 1.63 bits per heavy atom. The zero-order valence-electron chi connectivity index (χ0n) is 35.0. The van der Waals surface area contributed by atoms with Crippen molar-refractivity contribution in [1.29, 1.82) is 0 Å². The Labute approximate surface area is 322 Å². The predicted octanol–water partition coefficient (Wildman–Crippen LogP) is 3.85. The Hall–Kier alpha value is -1.88. The standard InChI is InChI=1S/C40H69NO13/c1-15-27-40(11,46)35(51-28(42)16-2)22(5)31-20(3)18-39(10,54-31)34(53-37-30(43)26(41(12)13)17-21(4)48-37)23(6)32(24(7)36(45)50-27)52-29-19-38(9,47-14)33(44)25(8)49-29/h21-27,29-30,32-35,37,43-44,46H,15-19H2,1-14H3/t21-,22+,23+,24-,25+,26+,27-,29+,30-,32+,33+,34-,35-,37+,38-,39-,40-/m1/s1. The molecule has 4 aliphatic rings. The van der Waals surface area contributed by atoms with Gasteiger partial charge in [0.1, 0.15) is 47.5 Å². The number of aliphatic hydroxyl groups excluding tert-OH is 2. The van der Waals surface area contributed by atoms with Crippen LogP contribution in [0, 0.1) is 17.8 Å². The average molecular weight is 772 g/mol. The summed E-state index contributed by atoms with van der Waals surface area (Å²) in [7, 11) is 5.33. The lowest BCUT2D eigenvalue weighted by Crippen LogP contribution is -2.60. The fourth-order valence-electron chi connectivity index (χ4n) is 9.16. The molecule has 0 radical (unpaired) electrons. The van der Waals surface area contributed by atoms with Crippen LogP contribution in [0.5, 0.6) is 0 Å². The average Bonchev–Trinajstić information content (AvgIpc) is 3.43. The summed E-state index contributed by atoms with van der Waals surface area (Å²) >= 11 is 0. The number of likely N-dealkylation sites (N-methyl/N-ethyl adjacent to an activating group) is 1. The van der Waals surface area contributed by atoms with Gasteiger partial charge in [-0.05, 0) is 81.0 Å². The first kappa shape index (κ1) is 44.8. The van der Waals surface area contributed by atoms with E-state index in [0.29, 0.717) is 18.6 Å². The third kappa shape index (κ3) is 8.97. The number of carbonyl (C=O) groups excluding carboxylic acids is 2. The lowest BCUT2D eigenvalue weighted by Gasteiger charge is -2.48. The fraction of sp³-hybridized carbons (Fsp3) is 0.900. The molecule has 3 N–H and O–H groups in total. The third-order valence-electron chi connectivity index (χ3n) is 12.5. The van der Waals surface area contributed by atoms with Crippen molar-refractivity contribution in [3.63, 3.8) is 0 Å². The molecule has 0 aliphatic carbocycles. The van der Waals surface area contributed by atoms with Crippen molar-refractivity contribution in [2.45, 2.75) is 193 Å². The topological polar surface area (TPSA) is 172 Å². The van der Waals surface area contributed by atoms with E-state index in [1.807, 2.05) is 53.6 Å². The number of methoxy groups -OCH3 is 1. The van der Waals surface area contributed by atoms with Crippen LogP contribution < -0.4 is 0 Å². The number of fused-ring (bicyclic) bond motifs is 2. The molecule has 0 unspecified atom stereocenters. The van der Waals surface area contributed by atoms with E-state index < -0.39 is 102 Å². The largest absolute Gasteiger partial charge is 0.488 e. The van der Waals surface area contributed by atoms with Crippen molar-refractivity contribution in [3.05, 3.63) is 11.3 Å². The van der Waals surface area contributed by atoms with E-state index in [-0.39, 0.29) is 31.4 Å². The first-order valence-electron chi connectivity index (χ1n) is 19.8. The summed E-state index contributed by atoms with van der Waals surface area (Å²) in [5.41, 5.74) is -3.08. The molecule has 0 aromatic rings. The maximum absolute atomic E-state index is 14.4. The molecule has 0 amide bonds. The maximum atomic E-state index is 14.4. The van der Waals surface area contributed by atoms with Crippen LogP contribution >= 0.6 is 0 Å². The highest BCUT2D eigenvalue weighted by atomic mass is 16.7. The summed E-state index contributed by atoms with van der Waals surface area (Å²) in [6, 6.07) is -0.255. The summed E-state index contributed by atoms with van der Waals surface area (Å²) in [6.45, 7) is 19.7. The Bertz CT molecular complexity index is 1340. The van der Waals surface area contributed by atoms with Crippen LogP contribution in [0.3, 0.4) is 0 Å². The molecule has 17 atom stereocenters. The summed E-state index contributed by atoms with van der Waals surface area (Å²) in [5, 5.41) is 34.9. The second kappa shape index (κ2) is 17.3. The molecule has 4 aliphatic heterocycles. The number of aliphatic hydroxyl groups is 3. The third-order valence-corrected chi connectivity index (χ3v) is 12.5. The Morgan fingerprint density at radius 3 is 2.20 bits per heavy atom. The zero-order chi connectivity index (χ0) is 40.7. The van der Waals surface area contributed by atoms with E-state index in [9.17, 15) is 24.9 Å². The highest BCUT2D eigenvalue weighted by Crippen LogP contribution is 2.48. The first-order chi connectivity index (χ1) is 25.0. The van der Waals surface area contributed by atoms with Crippen LogP contribution in [0.1, 0.15) is 108 Å². The number of hydrogen-bond donors (Lipinski definition) is 3. The molecule has 3 saturated heterocycles. The normalized spacial score (nSPS) is 46.6. The van der Waals surface area contributed by atoms with Crippen molar-refractivity contribution in [1.82, 2.24) is 4.90 Å². The Morgan fingerprint density at radius 1 is 0.981 bits per heavy atom. The summed E-state index contributed by atoms with van der Waals surface area (Å²) in [6.07, 6.45) is -7.41. The van der Waals surface area contributed by atoms with Crippen LogP contribution in [-0.2, 0) is 47.5 Å². The van der Waals surface area contributed by atoms with Gasteiger partial charge in [-0.1, -0.05) is 27.7 Å². The highest BCUT2D eigenvalue weighted by molar-refractivity contribution is 5.73. The van der Waals surface area contributed by atoms with Crippen molar-refractivity contribution in [2.24, 2.45) is 17.8 Å². The van der Waals surface area contributed by atoms with Crippen molar-refractivity contribution in [3.8, 4) is 0 Å². The van der Waals surface area contributed by atoms with Gasteiger partial charge in [-0.25, -0.2) is 0 Å². The number of cyclic esters (lactones) is 1. The molecule has 0 aromatic carbocycles. The monoisotopic (exact) mass is 771 g/mol. The van der Waals surface area contributed by atoms with Gasteiger partial charge in [-0.2, -0.15) is 0 Å². The number of rotatable bonds is 9. The molecule has 3 fully saturated rings. The van der Waals surface area contributed by atoms with Gasteiger partial charge in [0.25, 0.3) is 0 Å². The lowest BCUT2D eigenvalue weighted by molar-refractivity contribution is -0.316. The minimum Gasteiger partial charge on any atom is -0.488 e. The Balaban J connectivity index is 1.88. The van der Waals surface area contributed by atoms with Gasteiger partial charge in [-0.15, -0.1) is 0 Å². The quantitative estimate of drug-likeness (QED) is 0.289. The molecule has 2 bridgehead atoms. The zero-order valence-corrected chi connectivity index (χ0v) is 35.0. The molecule has 0 saturated carbocycles. The van der Waals surface area contributed by atoms with Gasteiger partial charge in [0.05, 0.1) is 35.7 Å². The van der Waals surface area contributed by atoms with E-state index >= 15 is 0 Å². The fourth-order valence-corrected chi connectivity index (χ4v) is 9.16. The molecule has 54 heavy (non-hydrogen) atoms. The van der Waals surface area contributed by atoms with Crippen molar-refractivity contribution >= 4 is 11.9 Å². The number of esters is 2. The van der Waals surface area contributed by atoms with E-state index in [1.165, 1.54) is 14.0 Å². The molecule has 0 spiro atoms. The molecule has 14 heteroatoms. The molecule has 312 valence electrons. The van der Waals surface area contributed by atoms with Gasteiger partial charge < -0.3 is 58.1 Å². The van der Waals surface area contributed by atoms with Crippen LogP contribution in [0.25, 0.3) is 0 Å². The van der Waals surface area contributed by atoms with Crippen molar-refractivity contribution < 1.29 is 62.8 Å². The van der Waals surface area contributed by atoms with Gasteiger partial charge in [0.15, 0.2) is 12.6 Å². The minimum atomic E-state index is -1.83. The van der Waals surface area contributed by atoms with Gasteiger partial charge in [-0.3, -0.25) is 9.59 Å². The number of ether oxygens (including phenoxy) is 8. The second-order valence-corrected chi connectivity index (χ2v) is 17.2. The maximum Gasteiger partial charge on any atom is 0.311 e. The Kier molecular flexibility index (Phi) is 14.4. The molecule has 4 heterocycles. The summed E-state index contributed by atoms with van der Waals surface area (Å²) in [5.74, 6) is -2.90. The van der Waals surface area contributed by atoms with Gasteiger partial charge in [0, 0.05) is 38.3 Å². The van der Waals surface area contributed by atoms with Crippen molar-refractivity contribution in [2.75, 3.05) is 21.2 Å². The van der Waals surface area contributed by atoms with E-state index in [2.05, 4.69) is 0 Å². The lowest BCUT2D eigenvalue weighted by atomic mass is 9.78. The van der Waals surface area contributed by atoms with Gasteiger partial charge >= 0.3 is 11.9 Å². The summed E-state index contributed by atoms with van der Waals surface area (Å²) < 4.78 is 51.1. The number of hydrogen-bond acceptors (Lipinski definition) is 14. The SMILES string of the molecule is CCC(=O)O[C@@H]1[C@@H](C)C2=C(C)C[C@@](C)(O2)[C@H](O[C@@H]2O[C@H](C)C[C@H](N(C)C)[C@H]2O)[C@@H](C)[C@H](O[C@H]2C[C@@](C)(OC)[C@@H](O)[C@H](C)O2)[C@@H](C)C(=O)O[C@H](CC)[C@@]1(C)O. The molecular weight excluding hydrogens is 702 g/mol. The molecule has 0 aromatic heterocycles. The first-order valence-corrected chi connectivity index (χ1v) is 19.8. The van der Waals surface area contributed by atoms with Crippen LogP contribution in [0.15, 0.2) is 11.3 Å². The molecular formula is C40H69NO13. The predicted molar refractivity (Wildman–Crippen MR) is 198 cm³/mol. The molecule has 14 nitrogen and oxygen atoms in total. The van der Waals surface area contributed by atoms with Crippen LogP contribution in [0.2, 0.25) is 0 Å². The molecule has 4 rings (SSSR count). The number of nitrogens with zero attached hydrogens (tertiary/aromatic N) is 1. The van der Waals surface area contributed by atoms with E-state index in [0.717, 1.165) is 5.57 Å². The van der Waals surface area contributed by atoms with Gasteiger partial charge in [0.2, 0.25) is 0 Å². The van der Waals surface area contributed by atoms with Crippen LogP contribution in [0.4, 0.5) is 0 Å². The minimum absolute atomic E-state index is 0.0764.